The van der Waals surface area contributed by atoms with Crippen LogP contribution in [0.2, 0.25) is 0 Å². The Labute approximate surface area is 193 Å². The third kappa shape index (κ3) is 4.92. The number of carbonyl (C=O) groups is 2. The summed E-state index contributed by atoms with van der Waals surface area (Å²) in [5, 5.41) is 7.71. The number of hydrogen-bond donors (Lipinski definition) is 1. The third-order valence-electron chi connectivity index (χ3n) is 5.90. The van der Waals surface area contributed by atoms with Crippen molar-refractivity contribution in [3.63, 3.8) is 0 Å². The lowest BCUT2D eigenvalue weighted by molar-refractivity contribution is -0.143. The fraction of sp³-hybridized carbons (Fsp3) is 0.346. The highest BCUT2D eigenvalue weighted by Gasteiger charge is 2.29. The molecular weight excluding hydrogens is 418 g/mol. The van der Waals surface area contributed by atoms with Crippen LogP contribution in [0.15, 0.2) is 48.5 Å². The van der Waals surface area contributed by atoms with Gasteiger partial charge in [0.1, 0.15) is 5.75 Å². The maximum Gasteiger partial charge on any atom is 0.308 e. The molecule has 1 heterocycles. The zero-order chi connectivity index (χ0) is 23.4. The Hall–Kier alpha value is -3.61. The van der Waals surface area contributed by atoms with E-state index in [1.807, 2.05) is 60.1 Å². The van der Waals surface area contributed by atoms with Gasteiger partial charge in [0, 0.05) is 11.3 Å². The molecule has 0 saturated heterocycles. The lowest BCUT2D eigenvalue weighted by Crippen LogP contribution is -2.31. The third-order valence-corrected chi connectivity index (χ3v) is 5.90. The summed E-state index contributed by atoms with van der Waals surface area (Å²) < 4.78 is 12.3. The molecule has 1 amide bonds. The number of carbonyl (C=O) groups excluding carboxylic acids is 2. The highest BCUT2D eigenvalue weighted by Crippen LogP contribution is 2.29. The van der Waals surface area contributed by atoms with Crippen molar-refractivity contribution in [2.75, 3.05) is 13.7 Å². The van der Waals surface area contributed by atoms with E-state index in [0.717, 1.165) is 41.8 Å². The number of aryl methyl sites for hydroxylation is 1. The van der Waals surface area contributed by atoms with Crippen LogP contribution in [0.5, 0.6) is 5.75 Å². The first-order chi connectivity index (χ1) is 16.0. The van der Waals surface area contributed by atoms with Gasteiger partial charge in [0.25, 0.3) is 5.91 Å². The number of benzene rings is 2. The van der Waals surface area contributed by atoms with Gasteiger partial charge in [-0.05, 0) is 62.9 Å². The van der Waals surface area contributed by atoms with E-state index in [4.69, 9.17) is 14.6 Å². The number of ether oxygens (including phenoxy) is 2. The van der Waals surface area contributed by atoms with Crippen LogP contribution in [0.1, 0.15) is 58.7 Å². The van der Waals surface area contributed by atoms with Crippen molar-refractivity contribution in [1.29, 1.82) is 0 Å². The minimum absolute atomic E-state index is 0.0214. The molecule has 1 aliphatic rings. The summed E-state index contributed by atoms with van der Waals surface area (Å²) in [6, 6.07) is 14.9. The molecule has 1 N–H and O–H groups in total. The van der Waals surface area contributed by atoms with Gasteiger partial charge in [-0.3, -0.25) is 9.59 Å². The predicted octanol–water partition coefficient (Wildman–Crippen LogP) is 4.10. The molecule has 1 atom stereocenters. The normalized spacial score (nSPS) is 13.3. The summed E-state index contributed by atoms with van der Waals surface area (Å²) in [7, 11) is 1.58. The van der Waals surface area contributed by atoms with Crippen LogP contribution in [-0.4, -0.2) is 35.4 Å². The van der Waals surface area contributed by atoms with Crippen LogP contribution in [-0.2, 0) is 22.4 Å². The Balaban J connectivity index is 1.64. The van der Waals surface area contributed by atoms with E-state index in [-0.39, 0.29) is 24.9 Å². The molecule has 0 fully saturated rings. The second-order valence-corrected chi connectivity index (χ2v) is 8.19. The Bertz CT molecular complexity index is 1150. The first-order valence-corrected chi connectivity index (χ1v) is 11.3. The molecule has 0 saturated carbocycles. The molecular formula is C26H29N3O4. The number of amides is 1. The molecule has 4 rings (SSSR count). The minimum atomic E-state index is -0.562. The van der Waals surface area contributed by atoms with E-state index in [9.17, 15) is 9.59 Å². The van der Waals surface area contributed by atoms with Crippen molar-refractivity contribution in [2.45, 2.75) is 45.6 Å². The molecule has 0 aliphatic heterocycles. The number of aromatic nitrogens is 2. The Kier molecular flexibility index (Phi) is 6.77. The van der Waals surface area contributed by atoms with Gasteiger partial charge in [0.15, 0.2) is 5.69 Å². The Morgan fingerprint density at radius 1 is 1.15 bits per heavy atom. The van der Waals surface area contributed by atoms with Gasteiger partial charge in [0.2, 0.25) is 0 Å². The smallest absolute Gasteiger partial charge is 0.308 e. The van der Waals surface area contributed by atoms with Crippen LogP contribution in [0.4, 0.5) is 0 Å². The molecule has 2 aromatic carbocycles. The molecule has 0 bridgehead atoms. The fourth-order valence-electron chi connectivity index (χ4n) is 4.24. The van der Waals surface area contributed by atoms with Crippen molar-refractivity contribution in [3.8, 4) is 11.4 Å². The molecule has 1 aromatic heterocycles. The van der Waals surface area contributed by atoms with E-state index < -0.39 is 6.04 Å². The first kappa shape index (κ1) is 22.6. The molecule has 172 valence electrons. The van der Waals surface area contributed by atoms with Crippen molar-refractivity contribution in [3.05, 3.63) is 76.6 Å². The molecule has 7 heteroatoms. The van der Waals surface area contributed by atoms with Gasteiger partial charge in [-0.1, -0.05) is 29.8 Å². The number of nitrogens with one attached hydrogen (secondary N) is 1. The van der Waals surface area contributed by atoms with Gasteiger partial charge < -0.3 is 14.8 Å². The number of methoxy groups -OCH3 is 1. The number of hydrogen-bond acceptors (Lipinski definition) is 5. The summed E-state index contributed by atoms with van der Waals surface area (Å²) >= 11 is 0. The SMILES string of the molecule is CCOC(=O)CC(NC(=O)c1nn(-c2ccc(C)cc2)c2c1CCC2)c1cccc(OC)c1. The molecule has 0 spiro atoms. The van der Waals surface area contributed by atoms with Crippen molar-refractivity contribution in [1.82, 2.24) is 15.1 Å². The van der Waals surface area contributed by atoms with Crippen molar-refractivity contribution >= 4 is 11.9 Å². The quantitative estimate of drug-likeness (QED) is 0.526. The predicted molar refractivity (Wildman–Crippen MR) is 125 cm³/mol. The Morgan fingerprint density at radius 2 is 1.94 bits per heavy atom. The van der Waals surface area contributed by atoms with E-state index >= 15 is 0 Å². The van der Waals surface area contributed by atoms with Crippen LogP contribution >= 0.6 is 0 Å². The number of esters is 1. The lowest BCUT2D eigenvalue weighted by Gasteiger charge is -2.19. The molecule has 1 aliphatic carbocycles. The molecule has 1 unspecified atom stereocenters. The summed E-state index contributed by atoms with van der Waals surface area (Å²) in [6.07, 6.45) is 2.70. The average Bonchev–Trinajstić information content (AvgIpc) is 3.42. The summed E-state index contributed by atoms with van der Waals surface area (Å²) in [5.41, 5.74) is 5.35. The van der Waals surface area contributed by atoms with E-state index in [1.165, 1.54) is 5.56 Å². The number of fused-ring (bicyclic) bond motifs is 1. The van der Waals surface area contributed by atoms with Gasteiger partial charge in [-0.15, -0.1) is 0 Å². The van der Waals surface area contributed by atoms with Gasteiger partial charge >= 0.3 is 5.97 Å². The highest BCUT2D eigenvalue weighted by atomic mass is 16.5. The van der Waals surface area contributed by atoms with Gasteiger partial charge in [-0.25, -0.2) is 4.68 Å². The Morgan fingerprint density at radius 3 is 2.67 bits per heavy atom. The topological polar surface area (TPSA) is 82.5 Å². The number of nitrogens with zero attached hydrogens (tertiary/aromatic N) is 2. The summed E-state index contributed by atoms with van der Waals surface area (Å²) in [6.45, 7) is 4.09. The zero-order valence-electron chi connectivity index (χ0n) is 19.3. The monoisotopic (exact) mass is 447 g/mol. The van der Waals surface area contributed by atoms with Crippen LogP contribution in [0, 0.1) is 6.92 Å². The average molecular weight is 448 g/mol. The second-order valence-electron chi connectivity index (χ2n) is 8.19. The first-order valence-electron chi connectivity index (χ1n) is 11.3. The molecule has 3 aromatic rings. The van der Waals surface area contributed by atoms with Crippen molar-refractivity contribution in [2.24, 2.45) is 0 Å². The van der Waals surface area contributed by atoms with E-state index in [1.54, 1.807) is 14.0 Å². The van der Waals surface area contributed by atoms with Crippen LogP contribution in [0.25, 0.3) is 5.69 Å². The van der Waals surface area contributed by atoms with Crippen LogP contribution in [0.3, 0.4) is 0 Å². The molecule has 7 nitrogen and oxygen atoms in total. The van der Waals surface area contributed by atoms with Gasteiger partial charge in [-0.2, -0.15) is 5.10 Å². The van der Waals surface area contributed by atoms with Gasteiger partial charge in [0.05, 0.1) is 31.9 Å². The fourth-order valence-corrected chi connectivity index (χ4v) is 4.24. The number of rotatable bonds is 8. The lowest BCUT2D eigenvalue weighted by atomic mass is 10.0. The molecule has 0 radical (unpaired) electrons. The zero-order valence-corrected chi connectivity index (χ0v) is 19.3. The standard InChI is InChI=1S/C26H29N3O4/c1-4-33-24(30)16-22(18-7-5-8-20(15-18)32-3)27-26(31)25-21-9-6-10-23(21)29(28-25)19-13-11-17(2)12-14-19/h5,7-8,11-15,22H,4,6,9-10,16H2,1-3H3,(H,27,31). The maximum atomic E-state index is 13.4. The second kappa shape index (κ2) is 9.90. The summed E-state index contributed by atoms with van der Waals surface area (Å²) in [5.74, 6) is -0.0164. The molecule has 33 heavy (non-hydrogen) atoms. The maximum absolute atomic E-state index is 13.4. The van der Waals surface area contributed by atoms with E-state index in [0.29, 0.717) is 11.4 Å². The summed E-state index contributed by atoms with van der Waals surface area (Å²) in [4.78, 5) is 25.7. The minimum Gasteiger partial charge on any atom is -0.497 e. The van der Waals surface area contributed by atoms with Crippen molar-refractivity contribution < 1.29 is 19.1 Å². The highest BCUT2D eigenvalue weighted by molar-refractivity contribution is 5.95. The van der Waals surface area contributed by atoms with E-state index in [2.05, 4.69) is 5.32 Å². The van der Waals surface area contributed by atoms with Crippen LogP contribution < -0.4 is 10.1 Å². The largest absolute Gasteiger partial charge is 0.497 e.